The molecule has 0 radical (unpaired) electrons. The molecule has 138 valence electrons. The minimum absolute atomic E-state index is 0.150. The van der Waals surface area contributed by atoms with E-state index >= 15 is 0 Å². The average molecular weight is 360 g/mol. The lowest BCUT2D eigenvalue weighted by molar-refractivity contribution is -0.119. The molecule has 0 spiro atoms. The van der Waals surface area contributed by atoms with E-state index in [1.807, 2.05) is 4.90 Å². The molecule has 26 heavy (non-hydrogen) atoms. The Morgan fingerprint density at radius 2 is 1.42 bits per heavy atom. The van der Waals surface area contributed by atoms with Gasteiger partial charge in [0, 0.05) is 0 Å². The summed E-state index contributed by atoms with van der Waals surface area (Å²) in [5.41, 5.74) is 5.03. The summed E-state index contributed by atoms with van der Waals surface area (Å²) in [6, 6.07) is 11.5. The van der Waals surface area contributed by atoms with Crippen LogP contribution in [0.4, 0.5) is 8.78 Å². The summed E-state index contributed by atoms with van der Waals surface area (Å²) in [5.74, 6) is -1.30. The van der Waals surface area contributed by atoms with Gasteiger partial charge in [0.05, 0.1) is 6.54 Å². The summed E-state index contributed by atoms with van der Waals surface area (Å²) in [6.07, 6.45) is 1.27. The summed E-state index contributed by atoms with van der Waals surface area (Å²) < 4.78 is 26.7. The number of hydrogen-bond donors (Lipinski definition) is 2. The predicted octanol–water partition coefficient (Wildman–Crippen LogP) is 2.40. The van der Waals surface area contributed by atoms with Crippen LogP contribution in [-0.4, -0.2) is 35.5 Å². The number of amides is 1. The number of carbonyl (C=O) groups excluding carboxylic acids is 1. The summed E-state index contributed by atoms with van der Waals surface area (Å²) in [5, 5.41) is 11.7. The first-order chi connectivity index (χ1) is 12.4. The topological polar surface area (TPSA) is 66.6 Å². The highest BCUT2D eigenvalue weighted by Crippen LogP contribution is 2.42. The Morgan fingerprint density at radius 3 is 1.81 bits per heavy atom. The van der Waals surface area contributed by atoms with E-state index in [9.17, 15) is 18.7 Å². The molecule has 3 N–H and O–H groups in total. The molecule has 1 aliphatic rings. The smallest absolute Gasteiger partial charge is 0.231 e. The van der Waals surface area contributed by atoms with E-state index in [0.717, 1.165) is 0 Å². The zero-order chi connectivity index (χ0) is 18.7. The zero-order valence-electron chi connectivity index (χ0n) is 14.4. The quantitative estimate of drug-likeness (QED) is 0.860. The molecule has 0 atom stereocenters. The third-order valence-corrected chi connectivity index (χ3v) is 5.13. The molecule has 2 aromatic rings. The number of rotatable bonds is 5. The molecular weight excluding hydrogens is 338 g/mol. The molecule has 2 aromatic carbocycles. The van der Waals surface area contributed by atoms with Crippen LogP contribution in [0.5, 0.6) is 0 Å². The number of nitrogens with two attached hydrogens (primary N) is 1. The third-order valence-electron chi connectivity index (χ3n) is 5.13. The number of benzene rings is 2. The molecule has 1 fully saturated rings. The van der Waals surface area contributed by atoms with Crippen molar-refractivity contribution in [1.29, 1.82) is 0 Å². The van der Waals surface area contributed by atoms with Gasteiger partial charge in [-0.15, -0.1) is 0 Å². The predicted molar refractivity (Wildman–Crippen MR) is 94.2 cm³/mol. The van der Waals surface area contributed by atoms with Gasteiger partial charge in [-0.05, 0) is 67.2 Å². The number of nitrogens with zero attached hydrogens (tertiary/aromatic N) is 1. The first-order valence-electron chi connectivity index (χ1n) is 8.64. The number of piperidine rings is 1. The number of carbonyl (C=O) groups is 1. The largest absolute Gasteiger partial charge is 0.380 e. The Kier molecular flexibility index (Phi) is 5.34. The molecule has 3 rings (SSSR count). The van der Waals surface area contributed by atoms with Crippen LogP contribution in [-0.2, 0) is 10.4 Å². The normalized spacial score (nSPS) is 16.6. The molecule has 6 heteroatoms. The van der Waals surface area contributed by atoms with Gasteiger partial charge >= 0.3 is 0 Å². The van der Waals surface area contributed by atoms with Crippen LogP contribution in [0.2, 0.25) is 0 Å². The van der Waals surface area contributed by atoms with Crippen LogP contribution in [0.1, 0.15) is 24.0 Å². The molecule has 1 heterocycles. The molecule has 0 unspecified atom stereocenters. The summed E-state index contributed by atoms with van der Waals surface area (Å²) >= 11 is 0. The van der Waals surface area contributed by atoms with Crippen molar-refractivity contribution >= 4 is 5.91 Å². The Morgan fingerprint density at radius 1 is 1.00 bits per heavy atom. The van der Waals surface area contributed by atoms with Crippen LogP contribution in [0.15, 0.2) is 48.5 Å². The Hall–Kier alpha value is -2.31. The van der Waals surface area contributed by atoms with E-state index in [1.54, 1.807) is 24.3 Å². The van der Waals surface area contributed by atoms with Crippen molar-refractivity contribution in [3.63, 3.8) is 0 Å². The van der Waals surface area contributed by atoms with E-state index in [0.29, 0.717) is 37.1 Å². The lowest BCUT2D eigenvalue weighted by atomic mass is 9.72. The van der Waals surface area contributed by atoms with Crippen molar-refractivity contribution < 1.29 is 18.7 Å². The van der Waals surface area contributed by atoms with Crippen molar-refractivity contribution in [3.05, 3.63) is 71.3 Å². The maximum atomic E-state index is 13.4. The highest BCUT2D eigenvalue weighted by molar-refractivity contribution is 5.75. The highest BCUT2D eigenvalue weighted by atomic mass is 19.1. The van der Waals surface area contributed by atoms with E-state index in [1.165, 1.54) is 24.3 Å². The number of primary amides is 1. The molecule has 0 aliphatic carbocycles. The van der Waals surface area contributed by atoms with E-state index in [2.05, 4.69) is 0 Å². The maximum absolute atomic E-state index is 13.4. The molecule has 0 aromatic heterocycles. The summed E-state index contributed by atoms with van der Waals surface area (Å²) in [7, 11) is 0. The fourth-order valence-corrected chi connectivity index (χ4v) is 3.78. The second-order valence-corrected chi connectivity index (χ2v) is 6.80. The second-order valence-electron chi connectivity index (χ2n) is 6.80. The fourth-order valence-electron chi connectivity index (χ4n) is 3.78. The van der Waals surface area contributed by atoms with Crippen LogP contribution in [0.25, 0.3) is 0 Å². The van der Waals surface area contributed by atoms with Gasteiger partial charge in [0.15, 0.2) is 0 Å². The van der Waals surface area contributed by atoms with Crippen molar-refractivity contribution in [1.82, 2.24) is 4.90 Å². The first-order valence-corrected chi connectivity index (χ1v) is 8.64. The summed E-state index contributed by atoms with van der Waals surface area (Å²) in [6.45, 7) is 1.44. The van der Waals surface area contributed by atoms with Gasteiger partial charge in [-0.25, -0.2) is 8.78 Å². The molecule has 1 saturated heterocycles. The Balaban J connectivity index is 1.92. The van der Waals surface area contributed by atoms with Gasteiger partial charge in [0.2, 0.25) is 5.91 Å². The molecule has 4 nitrogen and oxygen atoms in total. The van der Waals surface area contributed by atoms with E-state index < -0.39 is 5.60 Å². The van der Waals surface area contributed by atoms with Crippen molar-refractivity contribution in [3.8, 4) is 0 Å². The van der Waals surface area contributed by atoms with Crippen molar-refractivity contribution in [2.45, 2.75) is 18.4 Å². The number of aliphatic hydroxyl groups is 1. The minimum Gasteiger partial charge on any atom is -0.380 e. The standard InChI is InChI=1S/C20H22F2N2O2/c21-17-5-1-14(2-6-17)20(26,15-3-7-18(22)8-4-15)16-9-11-24(12-10-16)13-19(23)25/h1-8,16,26H,9-13H2,(H2,23,25). The highest BCUT2D eigenvalue weighted by Gasteiger charge is 2.41. The molecule has 0 bridgehead atoms. The zero-order valence-corrected chi connectivity index (χ0v) is 14.4. The van der Waals surface area contributed by atoms with Crippen LogP contribution < -0.4 is 5.73 Å². The SMILES string of the molecule is NC(=O)CN1CCC(C(O)(c2ccc(F)cc2)c2ccc(F)cc2)CC1. The van der Waals surface area contributed by atoms with E-state index in [4.69, 9.17) is 5.73 Å². The minimum atomic E-state index is -1.36. The lowest BCUT2D eigenvalue weighted by Gasteiger charge is -2.42. The molecule has 1 amide bonds. The van der Waals surface area contributed by atoms with Crippen molar-refractivity contribution in [2.75, 3.05) is 19.6 Å². The average Bonchev–Trinajstić information content (AvgIpc) is 2.62. The molecular formula is C20H22F2N2O2. The first kappa shape index (κ1) is 18.5. The molecule has 0 saturated carbocycles. The Bertz CT molecular complexity index is 709. The lowest BCUT2D eigenvalue weighted by Crippen LogP contribution is -2.46. The third kappa shape index (κ3) is 3.76. The van der Waals surface area contributed by atoms with Gasteiger partial charge in [0.1, 0.15) is 17.2 Å². The molecule has 1 aliphatic heterocycles. The number of hydrogen-bond acceptors (Lipinski definition) is 3. The number of likely N-dealkylation sites (tertiary alicyclic amines) is 1. The summed E-state index contributed by atoms with van der Waals surface area (Å²) in [4.78, 5) is 13.1. The fraction of sp³-hybridized carbons (Fsp3) is 0.350. The van der Waals surface area contributed by atoms with Gasteiger partial charge in [0.25, 0.3) is 0 Å². The monoisotopic (exact) mass is 360 g/mol. The van der Waals surface area contributed by atoms with Gasteiger partial charge < -0.3 is 10.8 Å². The van der Waals surface area contributed by atoms with Crippen LogP contribution in [0, 0.1) is 17.6 Å². The van der Waals surface area contributed by atoms with Gasteiger partial charge in [-0.3, -0.25) is 9.69 Å². The van der Waals surface area contributed by atoms with Gasteiger partial charge in [-0.1, -0.05) is 24.3 Å². The maximum Gasteiger partial charge on any atom is 0.231 e. The number of halogens is 2. The van der Waals surface area contributed by atoms with E-state index in [-0.39, 0.29) is 30.0 Å². The van der Waals surface area contributed by atoms with Gasteiger partial charge in [-0.2, -0.15) is 0 Å². The Labute approximate surface area is 151 Å². The van der Waals surface area contributed by atoms with Crippen LogP contribution >= 0.6 is 0 Å². The second kappa shape index (κ2) is 7.51. The van der Waals surface area contributed by atoms with Crippen LogP contribution in [0.3, 0.4) is 0 Å². The van der Waals surface area contributed by atoms with Crippen molar-refractivity contribution in [2.24, 2.45) is 11.7 Å².